The third kappa shape index (κ3) is 4.65. The third-order valence-electron chi connectivity index (χ3n) is 5.67. The summed E-state index contributed by atoms with van der Waals surface area (Å²) in [7, 11) is 1.37. The zero-order valence-corrected chi connectivity index (χ0v) is 20.4. The fraction of sp³-hybridized carbons (Fsp3) is 0.120. The lowest BCUT2D eigenvalue weighted by Gasteiger charge is -2.15. The first-order chi connectivity index (χ1) is 17.7. The van der Waals surface area contributed by atoms with Crippen LogP contribution in [0.5, 0.6) is 5.75 Å². The van der Waals surface area contributed by atoms with Crippen LogP contribution in [0.2, 0.25) is 10.0 Å². The summed E-state index contributed by atoms with van der Waals surface area (Å²) in [5.41, 5.74) is -0.834. The molecule has 0 spiro atoms. The summed E-state index contributed by atoms with van der Waals surface area (Å²) in [6, 6.07) is 11.9. The summed E-state index contributed by atoms with van der Waals surface area (Å²) in [6.07, 6.45) is -1.96. The highest BCUT2D eigenvalue weighted by atomic mass is 35.5. The van der Waals surface area contributed by atoms with Crippen LogP contribution in [-0.4, -0.2) is 32.6 Å². The molecule has 0 fully saturated rings. The Balaban J connectivity index is 1.73. The predicted molar refractivity (Wildman–Crippen MR) is 130 cm³/mol. The van der Waals surface area contributed by atoms with E-state index in [9.17, 15) is 18.0 Å². The van der Waals surface area contributed by atoms with E-state index < -0.39 is 29.1 Å². The number of ether oxygens (including phenoxy) is 1. The van der Waals surface area contributed by atoms with Gasteiger partial charge in [0.15, 0.2) is 0 Å². The molecule has 7 nitrogen and oxygen atoms in total. The number of benzene rings is 2. The lowest BCUT2D eigenvalue weighted by molar-refractivity contribution is -0.143. The highest BCUT2D eigenvalue weighted by Gasteiger charge is 2.42. The molecule has 12 heteroatoms. The Hall–Kier alpha value is -3.89. The van der Waals surface area contributed by atoms with Gasteiger partial charge in [0.05, 0.1) is 12.7 Å². The van der Waals surface area contributed by atoms with Crippen molar-refractivity contribution in [3.8, 4) is 17.1 Å². The van der Waals surface area contributed by atoms with E-state index in [0.717, 1.165) is 4.57 Å². The Morgan fingerprint density at radius 2 is 1.84 bits per heavy atom. The lowest BCUT2D eigenvalue weighted by Crippen LogP contribution is -2.19. The molecule has 0 unspecified atom stereocenters. The minimum absolute atomic E-state index is 0.00502. The highest BCUT2D eigenvalue weighted by Crippen LogP contribution is 2.41. The van der Waals surface area contributed by atoms with E-state index in [0.29, 0.717) is 16.1 Å². The predicted octanol–water partition coefficient (Wildman–Crippen LogP) is 6.70. The number of hydrogen-bond donors (Lipinski definition) is 0. The summed E-state index contributed by atoms with van der Waals surface area (Å²) in [6.45, 7) is -0.285. The van der Waals surface area contributed by atoms with Gasteiger partial charge in [0.25, 0.3) is 11.7 Å². The van der Waals surface area contributed by atoms with Crippen molar-refractivity contribution >= 4 is 39.9 Å². The Morgan fingerprint density at radius 3 is 2.51 bits per heavy atom. The molecule has 0 aliphatic carbocycles. The Morgan fingerprint density at radius 1 is 1.08 bits per heavy atom. The first-order valence-electron chi connectivity index (χ1n) is 10.7. The van der Waals surface area contributed by atoms with E-state index in [1.165, 1.54) is 55.9 Å². The minimum Gasteiger partial charge on any atom is -0.497 e. The summed E-state index contributed by atoms with van der Waals surface area (Å²) in [4.78, 5) is 21.5. The van der Waals surface area contributed by atoms with Gasteiger partial charge in [0.1, 0.15) is 11.4 Å². The van der Waals surface area contributed by atoms with Crippen molar-refractivity contribution in [1.29, 1.82) is 0 Å². The van der Waals surface area contributed by atoms with Crippen LogP contribution in [0, 0.1) is 0 Å². The van der Waals surface area contributed by atoms with Crippen molar-refractivity contribution in [2.75, 3.05) is 7.11 Å². The van der Waals surface area contributed by atoms with Gasteiger partial charge in [-0.1, -0.05) is 34.4 Å². The zero-order chi connectivity index (χ0) is 26.3. The molecule has 2 aromatic carbocycles. The van der Waals surface area contributed by atoms with Gasteiger partial charge in [-0.2, -0.15) is 18.2 Å². The lowest BCUT2D eigenvalue weighted by atomic mass is 10.1. The molecule has 5 rings (SSSR count). The fourth-order valence-corrected chi connectivity index (χ4v) is 4.48. The summed E-state index contributed by atoms with van der Waals surface area (Å²) in [5, 5.41) is 4.28. The SMILES string of the molecule is COc1ccc2c(c1)c(C(=O)c1nc(-c3ccncc3)no1)c(C(F)(F)F)n2Cc1ccc(Cl)cc1Cl. The number of aromatic nitrogens is 4. The van der Waals surface area contributed by atoms with E-state index in [4.69, 9.17) is 32.5 Å². The van der Waals surface area contributed by atoms with E-state index in [1.807, 2.05) is 0 Å². The number of alkyl halides is 3. The minimum atomic E-state index is -4.93. The number of carbonyl (C=O) groups excluding carboxylic acids is 1. The van der Waals surface area contributed by atoms with Gasteiger partial charge >= 0.3 is 6.18 Å². The molecule has 37 heavy (non-hydrogen) atoms. The molecule has 5 aromatic rings. The molecule has 0 aliphatic rings. The number of pyridine rings is 1. The van der Waals surface area contributed by atoms with Crippen molar-refractivity contribution < 1.29 is 27.2 Å². The molecular weight excluding hydrogens is 532 g/mol. The summed E-state index contributed by atoms with van der Waals surface area (Å²) >= 11 is 12.2. The first kappa shape index (κ1) is 24.8. The highest BCUT2D eigenvalue weighted by molar-refractivity contribution is 6.35. The number of nitrogens with zero attached hydrogens (tertiary/aromatic N) is 4. The molecule has 0 aliphatic heterocycles. The van der Waals surface area contributed by atoms with Crippen LogP contribution in [0.3, 0.4) is 0 Å². The maximum atomic E-state index is 14.6. The average Bonchev–Trinajstić information content (AvgIpc) is 3.49. The van der Waals surface area contributed by atoms with Crippen LogP contribution in [0.25, 0.3) is 22.3 Å². The van der Waals surface area contributed by atoms with Gasteiger partial charge in [0.2, 0.25) is 5.82 Å². The molecular formula is C25H15Cl2F3N4O3. The van der Waals surface area contributed by atoms with Crippen LogP contribution >= 0.6 is 23.2 Å². The van der Waals surface area contributed by atoms with Crippen molar-refractivity contribution in [3.63, 3.8) is 0 Å². The topological polar surface area (TPSA) is 83.0 Å². The number of ketones is 1. The van der Waals surface area contributed by atoms with E-state index in [-0.39, 0.29) is 34.0 Å². The number of fused-ring (bicyclic) bond motifs is 1. The van der Waals surface area contributed by atoms with Crippen LogP contribution in [0.4, 0.5) is 13.2 Å². The van der Waals surface area contributed by atoms with Crippen LogP contribution in [0.15, 0.2) is 65.4 Å². The number of hydrogen-bond acceptors (Lipinski definition) is 6. The zero-order valence-electron chi connectivity index (χ0n) is 18.9. The molecule has 3 heterocycles. The van der Waals surface area contributed by atoms with Gasteiger partial charge in [-0.05, 0) is 48.0 Å². The maximum absolute atomic E-state index is 14.6. The quantitative estimate of drug-likeness (QED) is 0.220. The molecule has 0 saturated carbocycles. The smallest absolute Gasteiger partial charge is 0.432 e. The van der Waals surface area contributed by atoms with Crippen LogP contribution in [0.1, 0.15) is 27.5 Å². The molecule has 0 bridgehead atoms. The molecule has 0 atom stereocenters. The van der Waals surface area contributed by atoms with E-state index in [1.54, 1.807) is 12.1 Å². The van der Waals surface area contributed by atoms with Crippen molar-refractivity contribution in [2.24, 2.45) is 0 Å². The number of methoxy groups -OCH3 is 1. The largest absolute Gasteiger partial charge is 0.497 e. The molecule has 188 valence electrons. The van der Waals surface area contributed by atoms with Gasteiger partial charge < -0.3 is 13.8 Å². The van der Waals surface area contributed by atoms with Crippen molar-refractivity contribution in [2.45, 2.75) is 12.7 Å². The Kier molecular flexibility index (Phi) is 6.38. The van der Waals surface area contributed by atoms with Crippen LogP contribution < -0.4 is 4.74 Å². The van der Waals surface area contributed by atoms with Crippen molar-refractivity contribution in [3.05, 3.63) is 93.7 Å². The molecule has 0 N–H and O–H groups in total. The van der Waals surface area contributed by atoms with Crippen molar-refractivity contribution in [1.82, 2.24) is 19.7 Å². The Bertz CT molecular complexity index is 1630. The Labute approximate surface area is 217 Å². The third-order valence-corrected chi connectivity index (χ3v) is 6.26. The van der Waals surface area contributed by atoms with Gasteiger partial charge in [0, 0.05) is 45.5 Å². The van der Waals surface area contributed by atoms with Crippen LogP contribution in [-0.2, 0) is 12.7 Å². The second-order valence-corrected chi connectivity index (χ2v) is 8.76. The molecule has 0 radical (unpaired) electrons. The summed E-state index contributed by atoms with van der Waals surface area (Å²) in [5.74, 6) is -1.38. The molecule has 3 aromatic heterocycles. The van der Waals surface area contributed by atoms with Gasteiger partial charge in [-0.15, -0.1) is 0 Å². The molecule has 0 saturated heterocycles. The monoisotopic (exact) mass is 546 g/mol. The number of halogens is 5. The van der Waals surface area contributed by atoms with Gasteiger partial charge in [-0.25, -0.2) is 0 Å². The number of carbonyl (C=O) groups is 1. The number of rotatable bonds is 6. The summed E-state index contributed by atoms with van der Waals surface area (Å²) < 4.78 is 55.1. The molecule has 0 amide bonds. The fourth-order valence-electron chi connectivity index (χ4n) is 4.01. The second kappa shape index (κ2) is 9.53. The first-order valence-corrected chi connectivity index (χ1v) is 11.4. The second-order valence-electron chi connectivity index (χ2n) is 7.91. The average molecular weight is 547 g/mol. The standard InChI is InChI=1S/C25H15Cl2F3N4O3/c1-36-16-4-5-19-17(11-16)20(21(35)24-32-23(33-37-24)13-6-8-31-9-7-13)22(25(28,29)30)34(19)12-14-2-3-15(26)10-18(14)27/h2-11H,12H2,1H3. The van der Waals surface area contributed by atoms with E-state index in [2.05, 4.69) is 15.1 Å². The normalized spacial score (nSPS) is 11.7. The van der Waals surface area contributed by atoms with Gasteiger partial charge in [-0.3, -0.25) is 9.78 Å². The maximum Gasteiger partial charge on any atom is 0.432 e. The van der Waals surface area contributed by atoms with E-state index >= 15 is 0 Å².